The van der Waals surface area contributed by atoms with E-state index in [4.69, 9.17) is 5.11 Å². The van der Waals surface area contributed by atoms with Gasteiger partial charge in [0.1, 0.15) is 6.04 Å². The van der Waals surface area contributed by atoms with Crippen molar-refractivity contribution < 1.29 is 9.90 Å². The van der Waals surface area contributed by atoms with E-state index in [2.05, 4.69) is 5.32 Å². The van der Waals surface area contributed by atoms with E-state index >= 15 is 0 Å². The molecule has 0 aromatic carbocycles. The average Bonchev–Trinajstić information content (AvgIpc) is 2.35. The summed E-state index contributed by atoms with van der Waals surface area (Å²) in [7, 11) is 0. The molecule has 0 fully saturated rings. The molecule has 0 aliphatic heterocycles. The summed E-state index contributed by atoms with van der Waals surface area (Å²) < 4.78 is 0. The Morgan fingerprint density at radius 2 is 2.42 bits per heavy atom. The number of carboxylic acids is 1. The van der Waals surface area contributed by atoms with Crippen molar-refractivity contribution in [2.24, 2.45) is 0 Å². The van der Waals surface area contributed by atoms with E-state index in [1.165, 1.54) is 11.3 Å². The highest BCUT2D eigenvalue weighted by molar-refractivity contribution is 7.14. The minimum Gasteiger partial charge on any atom is -0.480 e. The van der Waals surface area contributed by atoms with Gasteiger partial charge in [-0.25, -0.2) is 0 Å². The van der Waals surface area contributed by atoms with Gasteiger partial charge < -0.3 is 10.4 Å². The molecule has 0 saturated carbocycles. The molecule has 0 aliphatic carbocycles. The van der Waals surface area contributed by atoms with Gasteiger partial charge in [0.2, 0.25) is 0 Å². The minimum absolute atomic E-state index is 0.525. The number of hydrogen-bond donors (Lipinski definition) is 2. The Bertz CT molecular complexity index is 282. The van der Waals surface area contributed by atoms with Crippen molar-refractivity contribution in [3.8, 4) is 0 Å². The van der Waals surface area contributed by atoms with Gasteiger partial charge in [-0.1, -0.05) is 0 Å². The molecule has 66 valence electrons. The third kappa shape index (κ3) is 2.23. The van der Waals surface area contributed by atoms with E-state index in [0.717, 1.165) is 10.6 Å². The van der Waals surface area contributed by atoms with Gasteiger partial charge >= 0.3 is 5.97 Å². The van der Waals surface area contributed by atoms with E-state index in [9.17, 15) is 4.79 Å². The summed E-state index contributed by atoms with van der Waals surface area (Å²) in [5, 5.41) is 14.4. The average molecular weight is 185 g/mol. The third-order valence-electron chi connectivity index (χ3n) is 1.46. The molecule has 1 atom stereocenters. The van der Waals surface area contributed by atoms with Gasteiger partial charge in [0, 0.05) is 0 Å². The van der Waals surface area contributed by atoms with Crippen LogP contribution in [0, 0.1) is 6.92 Å². The Labute approximate surface area is 75.0 Å². The summed E-state index contributed by atoms with van der Waals surface area (Å²) in [6.07, 6.45) is 0. The first kappa shape index (κ1) is 9.06. The van der Waals surface area contributed by atoms with Gasteiger partial charge in [-0.15, -0.1) is 11.3 Å². The van der Waals surface area contributed by atoms with Crippen LogP contribution in [-0.4, -0.2) is 17.1 Å². The first-order valence-corrected chi connectivity index (χ1v) is 4.52. The highest BCUT2D eigenvalue weighted by atomic mass is 32.1. The van der Waals surface area contributed by atoms with E-state index in [-0.39, 0.29) is 0 Å². The third-order valence-corrected chi connectivity index (χ3v) is 2.44. The molecule has 0 amide bonds. The lowest BCUT2D eigenvalue weighted by molar-refractivity contribution is -0.137. The number of aryl methyl sites for hydroxylation is 1. The molecule has 0 bridgehead atoms. The number of nitrogens with one attached hydrogen (secondary N) is 1. The van der Waals surface area contributed by atoms with Crippen molar-refractivity contribution >= 4 is 22.3 Å². The van der Waals surface area contributed by atoms with Gasteiger partial charge in [-0.2, -0.15) is 0 Å². The van der Waals surface area contributed by atoms with E-state index in [0.29, 0.717) is 0 Å². The van der Waals surface area contributed by atoms with Crippen LogP contribution in [0.3, 0.4) is 0 Å². The van der Waals surface area contributed by atoms with Crippen LogP contribution in [0.5, 0.6) is 0 Å². The number of anilines is 1. The molecule has 12 heavy (non-hydrogen) atoms. The number of aliphatic carboxylic acids is 1. The molecule has 0 spiro atoms. The van der Waals surface area contributed by atoms with Crippen molar-refractivity contribution in [1.29, 1.82) is 0 Å². The normalized spacial score (nSPS) is 12.5. The predicted octanol–water partition coefficient (Wildman–Crippen LogP) is 1.94. The molecule has 0 unspecified atom stereocenters. The topological polar surface area (TPSA) is 49.3 Å². The second-order valence-electron chi connectivity index (χ2n) is 2.69. The molecule has 0 aliphatic rings. The van der Waals surface area contributed by atoms with Gasteiger partial charge in [0.15, 0.2) is 0 Å². The fraction of sp³-hybridized carbons (Fsp3) is 0.375. The molecule has 1 heterocycles. The smallest absolute Gasteiger partial charge is 0.325 e. The summed E-state index contributed by atoms with van der Waals surface area (Å²) in [6, 6.07) is 1.41. The second kappa shape index (κ2) is 3.58. The number of carbonyl (C=O) groups is 1. The first-order chi connectivity index (χ1) is 5.59. The van der Waals surface area contributed by atoms with E-state index in [1.54, 1.807) is 6.92 Å². The van der Waals surface area contributed by atoms with Crippen molar-refractivity contribution in [2.45, 2.75) is 19.9 Å². The molecular formula is C8H11NO2S. The lowest BCUT2D eigenvalue weighted by atomic mass is 10.3. The summed E-state index contributed by atoms with van der Waals surface area (Å²) in [5.74, 6) is -0.832. The fourth-order valence-corrected chi connectivity index (χ4v) is 1.66. The maximum absolute atomic E-state index is 10.5. The molecule has 3 nitrogen and oxygen atoms in total. The summed E-state index contributed by atoms with van der Waals surface area (Å²) in [6.45, 7) is 3.60. The Morgan fingerprint density at radius 3 is 2.83 bits per heavy atom. The first-order valence-electron chi connectivity index (χ1n) is 3.64. The highest BCUT2D eigenvalue weighted by Crippen LogP contribution is 2.20. The fourth-order valence-electron chi connectivity index (χ4n) is 0.782. The Hall–Kier alpha value is -1.03. The zero-order valence-corrected chi connectivity index (χ0v) is 7.81. The molecule has 2 N–H and O–H groups in total. The van der Waals surface area contributed by atoms with Crippen molar-refractivity contribution in [3.63, 3.8) is 0 Å². The Morgan fingerprint density at radius 1 is 1.75 bits per heavy atom. The number of carboxylic acid groups (broad SMARTS) is 1. The predicted molar refractivity (Wildman–Crippen MR) is 49.8 cm³/mol. The Kier molecular flexibility index (Phi) is 2.70. The van der Waals surface area contributed by atoms with Crippen molar-refractivity contribution in [1.82, 2.24) is 0 Å². The van der Waals surface area contributed by atoms with E-state index in [1.807, 2.05) is 18.4 Å². The molecule has 1 rings (SSSR count). The van der Waals surface area contributed by atoms with Gasteiger partial charge in [0.05, 0.1) is 5.00 Å². The van der Waals surface area contributed by atoms with Crippen LogP contribution in [0.15, 0.2) is 11.4 Å². The molecular weight excluding hydrogens is 174 g/mol. The standard InChI is InChI=1S/C8H11NO2S/c1-5-3-7(12-4-5)9-6(2)8(10)11/h3-4,6,9H,1-2H3,(H,10,11)/t6-/m0/s1. The van der Waals surface area contributed by atoms with Crippen LogP contribution in [0.2, 0.25) is 0 Å². The minimum atomic E-state index is -0.832. The summed E-state index contributed by atoms with van der Waals surface area (Å²) in [4.78, 5) is 10.5. The second-order valence-corrected chi connectivity index (χ2v) is 3.60. The largest absolute Gasteiger partial charge is 0.480 e. The monoisotopic (exact) mass is 185 g/mol. The number of hydrogen-bond acceptors (Lipinski definition) is 3. The van der Waals surface area contributed by atoms with Crippen LogP contribution in [0.4, 0.5) is 5.00 Å². The zero-order chi connectivity index (χ0) is 9.14. The molecule has 1 aromatic heterocycles. The van der Waals surface area contributed by atoms with Crippen LogP contribution in [-0.2, 0) is 4.79 Å². The maximum atomic E-state index is 10.5. The zero-order valence-electron chi connectivity index (χ0n) is 7.00. The van der Waals surface area contributed by atoms with Crippen molar-refractivity contribution in [3.05, 3.63) is 17.0 Å². The Balaban J connectivity index is 2.58. The van der Waals surface area contributed by atoms with Crippen molar-refractivity contribution in [2.75, 3.05) is 5.32 Å². The van der Waals surface area contributed by atoms with Gasteiger partial charge in [-0.3, -0.25) is 4.79 Å². The van der Waals surface area contributed by atoms with Crippen LogP contribution in [0.1, 0.15) is 12.5 Å². The quantitative estimate of drug-likeness (QED) is 0.756. The molecule has 0 radical (unpaired) electrons. The maximum Gasteiger partial charge on any atom is 0.325 e. The number of thiophene rings is 1. The van der Waals surface area contributed by atoms with Gasteiger partial charge in [0.25, 0.3) is 0 Å². The van der Waals surface area contributed by atoms with Gasteiger partial charge in [-0.05, 0) is 30.9 Å². The molecule has 0 saturated heterocycles. The highest BCUT2D eigenvalue weighted by Gasteiger charge is 2.10. The molecule has 1 aromatic rings. The number of rotatable bonds is 3. The van der Waals surface area contributed by atoms with Crippen LogP contribution in [0.25, 0.3) is 0 Å². The lowest BCUT2D eigenvalue weighted by Crippen LogP contribution is -2.24. The van der Waals surface area contributed by atoms with Crippen LogP contribution >= 0.6 is 11.3 Å². The SMILES string of the molecule is Cc1csc(N[C@@H](C)C(=O)O)c1. The van der Waals surface area contributed by atoms with Crippen LogP contribution < -0.4 is 5.32 Å². The lowest BCUT2D eigenvalue weighted by Gasteiger charge is -2.06. The van der Waals surface area contributed by atoms with E-state index < -0.39 is 12.0 Å². The molecule has 4 heteroatoms. The summed E-state index contributed by atoms with van der Waals surface area (Å²) in [5.41, 5.74) is 1.15. The summed E-state index contributed by atoms with van der Waals surface area (Å²) >= 11 is 1.52.